The average molecular weight is 248 g/mol. The Morgan fingerprint density at radius 2 is 2.11 bits per heavy atom. The van der Waals surface area contributed by atoms with Crippen LogP contribution in [0.1, 0.15) is 24.4 Å². The van der Waals surface area contributed by atoms with Gasteiger partial charge in [0.15, 0.2) is 0 Å². The van der Waals surface area contributed by atoms with Gasteiger partial charge in [-0.05, 0) is 24.6 Å². The fourth-order valence-corrected chi connectivity index (χ4v) is 1.91. The molecule has 1 heterocycles. The van der Waals surface area contributed by atoms with Gasteiger partial charge in [0.1, 0.15) is 11.6 Å². The number of aromatic amines is 1. The van der Waals surface area contributed by atoms with Crippen LogP contribution >= 0.6 is 0 Å². The summed E-state index contributed by atoms with van der Waals surface area (Å²) in [5, 5.41) is 6.30. The number of aromatic nitrogens is 3. The zero-order chi connectivity index (χ0) is 13.1. The van der Waals surface area contributed by atoms with Crippen molar-refractivity contribution in [3.8, 4) is 5.75 Å². The van der Waals surface area contributed by atoms with Gasteiger partial charge in [-0.2, -0.15) is 5.10 Å². The van der Waals surface area contributed by atoms with E-state index in [0.717, 1.165) is 11.3 Å². The van der Waals surface area contributed by atoms with Gasteiger partial charge < -0.3 is 10.5 Å². The molecule has 0 aliphatic carbocycles. The molecule has 3 N–H and O–H groups in total. The van der Waals surface area contributed by atoms with Crippen LogP contribution < -0.4 is 16.2 Å². The highest BCUT2D eigenvalue weighted by Crippen LogP contribution is 2.20. The fourth-order valence-electron chi connectivity index (χ4n) is 1.91. The van der Waals surface area contributed by atoms with E-state index >= 15 is 0 Å². The third-order valence-corrected chi connectivity index (χ3v) is 2.95. The lowest BCUT2D eigenvalue weighted by molar-refractivity contribution is 0.414. The summed E-state index contributed by atoms with van der Waals surface area (Å²) in [6.07, 6.45) is 0. The number of ether oxygens (including phenoxy) is 1. The van der Waals surface area contributed by atoms with Crippen LogP contribution in [0.2, 0.25) is 0 Å². The van der Waals surface area contributed by atoms with Crippen LogP contribution in [-0.4, -0.2) is 21.9 Å². The van der Waals surface area contributed by atoms with Gasteiger partial charge in [-0.15, -0.1) is 0 Å². The first-order valence-electron chi connectivity index (χ1n) is 5.67. The summed E-state index contributed by atoms with van der Waals surface area (Å²) in [5.41, 5.74) is 6.31. The largest absolute Gasteiger partial charge is 0.497 e. The van der Waals surface area contributed by atoms with E-state index < -0.39 is 0 Å². The quantitative estimate of drug-likeness (QED) is 0.831. The smallest absolute Gasteiger partial charge is 0.343 e. The molecule has 6 heteroatoms. The molecule has 2 rings (SSSR count). The van der Waals surface area contributed by atoms with E-state index in [1.165, 1.54) is 0 Å². The van der Waals surface area contributed by atoms with E-state index in [1.807, 2.05) is 31.2 Å². The maximum atomic E-state index is 11.7. The molecule has 0 unspecified atom stereocenters. The number of nitrogens with zero attached hydrogens (tertiary/aromatic N) is 2. The van der Waals surface area contributed by atoms with E-state index in [9.17, 15) is 4.79 Å². The molecule has 0 aliphatic rings. The fraction of sp³-hybridized carbons (Fsp3) is 0.333. The highest BCUT2D eigenvalue weighted by atomic mass is 16.5. The van der Waals surface area contributed by atoms with Crippen molar-refractivity contribution < 1.29 is 4.74 Å². The predicted octanol–water partition coefficient (Wildman–Crippen LogP) is 0.648. The van der Waals surface area contributed by atoms with E-state index in [0.29, 0.717) is 5.82 Å². The monoisotopic (exact) mass is 248 g/mol. The number of benzene rings is 1. The van der Waals surface area contributed by atoms with Crippen molar-refractivity contribution in [2.45, 2.75) is 19.5 Å². The molecular weight excluding hydrogens is 232 g/mol. The van der Waals surface area contributed by atoms with Crippen LogP contribution in [0.15, 0.2) is 29.1 Å². The summed E-state index contributed by atoms with van der Waals surface area (Å²) in [6.45, 7) is 2.15. The highest BCUT2D eigenvalue weighted by Gasteiger charge is 2.15. The van der Waals surface area contributed by atoms with E-state index in [-0.39, 0.29) is 18.3 Å². The van der Waals surface area contributed by atoms with Gasteiger partial charge in [0.2, 0.25) is 0 Å². The van der Waals surface area contributed by atoms with Crippen LogP contribution in [-0.2, 0) is 6.54 Å². The first-order valence-corrected chi connectivity index (χ1v) is 5.67. The van der Waals surface area contributed by atoms with Crippen LogP contribution in [0.4, 0.5) is 0 Å². The molecule has 0 saturated carbocycles. The Kier molecular flexibility index (Phi) is 3.47. The average Bonchev–Trinajstić information content (AvgIpc) is 2.79. The Morgan fingerprint density at radius 3 is 2.67 bits per heavy atom. The third-order valence-electron chi connectivity index (χ3n) is 2.95. The second-order valence-corrected chi connectivity index (χ2v) is 3.97. The number of rotatable bonds is 4. The Labute approximate surface area is 104 Å². The van der Waals surface area contributed by atoms with Crippen LogP contribution in [0.5, 0.6) is 5.75 Å². The predicted molar refractivity (Wildman–Crippen MR) is 67.5 cm³/mol. The molecule has 6 nitrogen and oxygen atoms in total. The summed E-state index contributed by atoms with van der Waals surface area (Å²) >= 11 is 0. The molecule has 18 heavy (non-hydrogen) atoms. The maximum Gasteiger partial charge on any atom is 0.343 e. The molecule has 0 amide bonds. The first kappa shape index (κ1) is 12.4. The Morgan fingerprint density at radius 1 is 1.44 bits per heavy atom. The topological polar surface area (TPSA) is 85.9 Å². The van der Waals surface area contributed by atoms with Crippen molar-refractivity contribution in [2.75, 3.05) is 7.11 Å². The molecule has 0 saturated heterocycles. The van der Waals surface area contributed by atoms with Crippen LogP contribution in [0.3, 0.4) is 0 Å². The molecule has 0 fully saturated rings. The van der Waals surface area contributed by atoms with Crippen molar-refractivity contribution in [3.05, 3.63) is 46.1 Å². The maximum absolute atomic E-state index is 11.7. The summed E-state index contributed by atoms with van der Waals surface area (Å²) in [7, 11) is 1.62. The molecule has 0 aliphatic heterocycles. The zero-order valence-corrected chi connectivity index (χ0v) is 10.4. The van der Waals surface area contributed by atoms with Gasteiger partial charge >= 0.3 is 5.69 Å². The molecule has 0 spiro atoms. The van der Waals surface area contributed by atoms with E-state index in [1.54, 1.807) is 11.7 Å². The lowest BCUT2D eigenvalue weighted by atomic mass is 10.1. The van der Waals surface area contributed by atoms with Crippen LogP contribution in [0, 0.1) is 0 Å². The summed E-state index contributed by atoms with van der Waals surface area (Å²) in [4.78, 5) is 11.7. The highest BCUT2D eigenvalue weighted by molar-refractivity contribution is 5.29. The van der Waals surface area contributed by atoms with Crippen LogP contribution in [0.25, 0.3) is 0 Å². The molecule has 1 atom stereocenters. The lowest BCUT2D eigenvalue weighted by Gasteiger charge is -2.14. The van der Waals surface area contributed by atoms with Crippen molar-refractivity contribution in [1.29, 1.82) is 0 Å². The zero-order valence-electron chi connectivity index (χ0n) is 10.4. The molecule has 96 valence electrons. The molecule has 1 aromatic heterocycles. The lowest BCUT2D eigenvalue weighted by Crippen LogP contribution is -2.24. The number of methoxy groups -OCH3 is 1. The molecule has 0 bridgehead atoms. The van der Waals surface area contributed by atoms with E-state index in [4.69, 9.17) is 10.5 Å². The number of nitrogens with two attached hydrogens (primary N) is 1. The Hall–Kier alpha value is -2.08. The van der Waals surface area contributed by atoms with Crippen molar-refractivity contribution in [2.24, 2.45) is 5.73 Å². The first-order chi connectivity index (χ1) is 8.67. The summed E-state index contributed by atoms with van der Waals surface area (Å²) in [5.74, 6) is 1.33. The van der Waals surface area contributed by atoms with Gasteiger partial charge in [-0.3, -0.25) is 4.57 Å². The van der Waals surface area contributed by atoms with E-state index in [2.05, 4.69) is 10.2 Å². The molecule has 1 aromatic carbocycles. The van der Waals surface area contributed by atoms with Gasteiger partial charge in [-0.1, -0.05) is 12.1 Å². The minimum atomic E-state index is -0.251. The molecule has 0 radical (unpaired) electrons. The minimum absolute atomic E-state index is 0.124. The van der Waals surface area contributed by atoms with Crippen molar-refractivity contribution >= 4 is 0 Å². The van der Waals surface area contributed by atoms with Gasteiger partial charge in [-0.25, -0.2) is 9.89 Å². The number of hydrogen-bond donors (Lipinski definition) is 2. The Bertz CT molecular complexity index is 571. The number of nitrogens with one attached hydrogen (secondary N) is 1. The Balaban J connectivity index is 2.37. The molecular formula is C12H16N4O2. The van der Waals surface area contributed by atoms with Crippen molar-refractivity contribution in [3.63, 3.8) is 0 Å². The normalized spacial score (nSPS) is 12.4. The third kappa shape index (κ3) is 2.14. The second kappa shape index (κ2) is 5.05. The van der Waals surface area contributed by atoms with Gasteiger partial charge in [0.25, 0.3) is 0 Å². The SMILES string of the molecule is COc1ccc([C@@H](C)n2c(CN)n[nH]c2=O)cc1. The van der Waals surface area contributed by atoms with Gasteiger partial charge in [0.05, 0.1) is 19.7 Å². The summed E-state index contributed by atoms with van der Waals surface area (Å²) in [6, 6.07) is 7.44. The number of hydrogen-bond acceptors (Lipinski definition) is 4. The summed E-state index contributed by atoms with van der Waals surface area (Å²) < 4.78 is 6.66. The standard InChI is InChI=1S/C12H16N4O2/c1-8(9-3-5-10(18-2)6-4-9)16-11(7-13)14-15-12(16)17/h3-6,8H,7,13H2,1-2H3,(H,15,17)/t8-/m1/s1. The van der Waals surface area contributed by atoms with Gasteiger partial charge in [0, 0.05) is 0 Å². The molecule has 2 aromatic rings. The minimum Gasteiger partial charge on any atom is -0.497 e. The second-order valence-electron chi connectivity index (χ2n) is 3.97. The number of H-pyrrole nitrogens is 1. The van der Waals surface area contributed by atoms with Crippen molar-refractivity contribution in [1.82, 2.24) is 14.8 Å².